The van der Waals surface area contributed by atoms with Crippen molar-refractivity contribution in [2.24, 2.45) is 0 Å². The highest BCUT2D eigenvalue weighted by molar-refractivity contribution is 7.99. The van der Waals surface area contributed by atoms with Gasteiger partial charge in [-0.3, -0.25) is 9.59 Å². The minimum atomic E-state index is -0.197. The number of thioether (sulfide) groups is 1. The average Bonchev–Trinajstić information content (AvgIpc) is 3.23. The second-order valence-electron chi connectivity index (χ2n) is 7.54. The molecule has 0 unspecified atom stereocenters. The number of nitrogens with one attached hydrogen (secondary N) is 2. The fourth-order valence-electron chi connectivity index (χ4n) is 3.26. The van der Waals surface area contributed by atoms with Crippen LogP contribution in [0.4, 0.5) is 5.69 Å². The van der Waals surface area contributed by atoms with Crippen molar-refractivity contribution in [1.29, 1.82) is 0 Å². The Labute approximate surface area is 194 Å². The summed E-state index contributed by atoms with van der Waals surface area (Å²) < 4.78 is 5.11. The number of amides is 1. The highest BCUT2D eigenvalue weighted by atomic mass is 32.2. The molecule has 2 heterocycles. The molecular formula is C24H23N3O3S2. The van der Waals surface area contributed by atoms with Crippen LogP contribution in [0.3, 0.4) is 0 Å². The van der Waals surface area contributed by atoms with Crippen LogP contribution in [0.15, 0.2) is 63.9 Å². The van der Waals surface area contributed by atoms with Gasteiger partial charge in [-0.2, -0.15) is 0 Å². The predicted octanol–water partition coefficient (Wildman–Crippen LogP) is 5.51. The third kappa shape index (κ3) is 4.87. The Morgan fingerprint density at radius 1 is 1.16 bits per heavy atom. The molecule has 0 spiro atoms. The van der Waals surface area contributed by atoms with Crippen molar-refractivity contribution in [2.75, 3.05) is 18.2 Å². The molecule has 2 aromatic heterocycles. The Kier molecular flexibility index (Phi) is 6.62. The first-order valence-electron chi connectivity index (χ1n) is 10.1. The zero-order valence-corrected chi connectivity index (χ0v) is 19.6. The summed E-state index contributed by atoms with van der Waals surface area (Å²) >= 11 is 2.63. The number of H-pyrrole nitrogens is 1. The number of nitrogens with zero attached hydrogens (tertiary/aromatic N) is 1. The van der Waals surface area contributed by atoms with Gasteiger partial charge in [0.15, 0.2) is 5.16 Å². The molecule has 0 fully saturated rings. The Hall–Kier alpha value is -3.10. The molecule has 4 aromatic rings. The molecule has 4 rings (SSSR count). The van der Waals surface area contributed by atoms with Crippen molar-refractivity contribution in [3.8, 4) is 16.9 Å². The quantitative estimate of drug-likeness (QED) is 0.278. The molecule has 32 heavy (non-hydrogen) atoms. The molecule has 0 radical (unpaired) electrons. The van der Waals surface area contributed by atoms with Gasteiger partial charge in [-0.25, -0.2) is 4.98 Å². The van der Waals surface area contributed by atoms with E-state index in [0.29, 0.717) is 27.0 Å². The Morgan fingerprint density at radius 3 is 2.53 bits per heavy atom. The van der Waals surface area contributed by atoms with E-state index in [1.807, 2.05) is 17.5 Å². The third-order valence-electron chi connectivity index (χ3n) is 5.02. The molecule has 1 amide bonds. The third-order valence-corrected chi connectivity index (χ3v) is 6.77. The molecule has 0 aliphatic heterocycles. The van der Waals surface area contributed by atoms with Gasteiger partial charge in [-0.1, -0.05) is 49.9 Å². The van der Waals surface area contributed by atoms with E-state index < -0.39 is 0 Å². The van der Waals surface area contributed by atoms with Crippen molar-refractivity contribution in [2.45, 2.75) is 24.9 Å². The lowest BCUT2D eigenvalue weighted by Crippen LogP contribution is -2.15. The van der Waals surface area contributed by atoms with Crippen LogP contribution < -0.4 is 15.6 Å². The van der Waals surface area contributed by atoms with Crippen LogP contribution >= 0.6 is 23.1 Å². The van der Waals surface area contributed by atoms with Crippen LogP contribution in [0.1, 0.15) is 25.3 Å². The van der Waals surface area contributed by atoms with Gasteiger partial charge >= 0.3 is 0 Å². The number of ether oxygens (including phenoxy) is 1. The number of rotatable bonds is 7. The first kappa shape index (κ1) is 22.1. The van der Waals surface area contributed by atoms with E-state index >= 15 is 0 Å². The van der Waals surface area contributed by atoms with E-state index in [2.05, 4.69) is 41.3 Å². The maximum Gasteiger partial charge on any atom is 0.260 e. The van der Waals surface area contributed by atoms with Crippen molar-refractivity contribution in [3.63, 3.8) is 0 Å². The minimum absolute atomic E-state index is 0.134. The molecule has 0 aliphatic rings. The number of thiophene rings is 1. The maximum atomic E-state index is 12.8. The van der Waals surface area contributed by atoms with Crippen LogP contribution in [-0.4, -0.2) is 28.7 Å². The van der Waals surface area contributed by atoms with Gasteiger partial charge in [-0.05, 0) is 41.3 Å². The number of aromatic nitrogens is 2. The normalized spacial score (nSPS) is 11.1. The lowest BCUT2D eigenvalue weighted by Gasteiger charge is -2.07. The first-order chi connectivity index (χ1) is 15.4. The van der Waals surface area contributed by atoms with Crippen LogP contribution in [0.5, 0.6) is 5.75 Å². The van der Waals surface area contributed by atoms with Crippen molar-refractivity contribution in [1.82, 2.24) is 9.97 Å². The van der Waals surface area contributed by atoms with Gasteiger partial charge in [0.2, 0.25) is 5.91 Å². The Bertz CT molecular complexity index is 1290. The van der Waals surface area contributed by atoms with E-state index in [1.54, 1.807) is 31.4 Å². The zero-order chi connectivity index (χ0) is 22.7. The number of hydrogen-bond acceptors (Lipinski definition) is 6. The fraction of sp³-hybridized carbons (Fsp3) is 0.208. The standard InChI is InChI=1S/C24H23N3O3S2/c1-14(2)15-4-6-16(7-5-15)19-12-31-23-21(19)22(29)26-24(27-23)32-13-20(28)25-17-8-10-18(30-3)11-9-17/h4-12,14H,13H2,1-3H3,(H,25,28)(H,26,27,29). The number of benzene rings is 2. The number of fused-ring (bicyclic) bond motifs is 1. The zero-order valence-electron chi connectivity index (χ0n) is 18.0. The molecule has 8 heteroatoms. The number of carbonyl (C=O) groups is 1. The van der Waals surface area contributed by atoms with E-state index in [1.165, 1.54) is 28.7 Å². The van der Waals surface area contributed by atoms with E-state index in [9.17, 15) is 9.59 Å². The van der Waals surface area contributed by atoms with Gasteiger partial charge in [-0.15, -0.1) is 11.3 Å². The summed E-state index contributed by atoms with van der Waals surface area (Å²) in [5, 5.41) is 5.79. The lowest BCUT2D eigenvalue weighted by atomic mass is 9.99. The van der Waals surface area contributed by atoms with E-state index in [4.69, 9.17) is 4.74 Å². The van der Waals surface area contributed by atoms with Gasteiger partial charge in [0, 0.05) is 16.6 Å². The largest absolute Gasteiger partial charge is 0.497 e. The van der Waals surface area contributed by atoms with Crippen LogP contribution in [0.25, 0.3) is 21.3 Å². The molecule has 164 valence electrons. The molecule has 0 saturated carbocycles. The van der Waals surface area contributed by atoms with Gasteiger partial charge < -0.3 is 15.0 Å². The molecule has 2 aromatic carbocycles. The smallest absolute Gasteiger partial charge is 0.260 e. The SMILES string of the molecule is COc1ccc(NC(=O)CSc2nc3scc(-c4ccc(C(C)C)cc4)c3c(=O)[nH]2)cc1. The molecule has 0 bridgehead atoms. The van der Waals surface area contributed by atoms with Gasteiger partial charge in [0.05, 0.1) is 18.2 Å². The van der Waals surface area contributed by atoms with Gasteiger partial charge in [0.1, 0.15) is 10.6 Å². The number of carbonyl (C=O) groups excluding carboxylic acids is 1. The molecule has 0 aliphatic carbocycles. The highest BCUT2D eigenvalue weighted by Crippen LogP contribution is 2.32. The second-order valence-corrected chi connectivity index (χ2v) is 9.36. The number of methoxy groups -OCH3 is 1. The lowest BCUT2D eigenvalue weighted by molar-refractivity contribution is -0.113. The monoisotopic (exact) mass is 465 g/mol. The summed E-state index contributed by atoms with van der Waals surface area (Å²) in [5.41, 5.74) is 3.61. The fourth-order valence-corrected chi connectivity index (χ4v) is 4.93. The van der Waals surface area contributed by atoms with Crippen LogP contribution in [0, 0.1) is 0 Å². The molecule has 0 saturated heterocycles. The highest BCUT2D eigenvalue weighted by Gasteiger charge is 2.14. The van der Waals surface area contributed by atoms with Gasteiger partial charge in [0.25, 0.3) is 5.56 Å². The Balaban J connectivity index is 1.47. The summed E-state index contributed by atoms with van der Waals surface area (Å²) in [6.07, 6.45) is 0. The number of aromatic amines is 1. The topological polar surface area (TPSA) is 84.1 Å². The summed E-state index contributed by atoms with van der Waals surface area (Å²) in [6, 6.07) is 15.4. The van der Waals surface area contributed by atoms with Crippen molar-refractivity contribution in [3.05, 3.63) is 69.8 Å². The summed E-state index contributed by atoms with van der Waals surface area (Å²) in [5.74, 6) is 1.13. The predicted molar refractivity (Wildman–Crippen MR) is 132 cm³/mol. The number of anilines is 1. The van der Waals surface area contributed by atoms with E-state index in [0.717, 1.165) is 16.9 Å². The molecule has 6 nitrogen and oxygen atoms in total. The van der Waals surface area contributed by atoms with E-state index in [-0.39, 0.29) is 17.2 Å². The van der Waals surface area contributed by atoms with Crippen LogP contribution in [0.2, 0.25) is 0 Å². The molecular weight excluding hydrogens is 442 g/mol. The second kappa shape index (κ2) is 9.58. The first-order valence-corrected chi connectivity index (χ1v) is 12.0. The Morgan fingerprint density at radius 2 is 1.88 bits per heavy atom. The average molecular weight is 466 g/mol. The maximum absolute atomic E-state index is 12.8. The number of hydrogen-bond donors (Lipinski definition) is 2. The van der Waals surface area contributed by atoms with Crippen molar-refractivity contribution >= 4 is 44.9 Å². The summed E-state index contributed by atoms with van der Waals surface area (Å²) in [6.45, 7) is 4.31. The summed E-state index contributed by atoms with van der Waals surface area (Å²) in [7, 11) is 1.59. The molecule has 0 atom stereocenters. The summed E-state index contributed by atoms with van der Waals surface area (Å²) in [4.78, 5) is 33.1. The van der Waals surface area contributed by atoms with Crippen LogP contribution in [-0.2, 0) is 4.79 Å². The molecule has 2 N–H and O–H groups in total. The van der Waals surface area contributed by atoms with Crippen molar-refractivity contribution < 1.29 is 9.53 Å². The minimum Gasteiger partial charge on any atom is -0.497 e.